The molecule has 2 heterocycles. The van der Waals surface area contributed by atoms with Crippen LogP contribution in [-0.2, 0) is 10.0 Å². The molecule has 0 radical (unpaired) electrons. The molecule has 2 N–H and O–H groups in total. The van der Waals surface area contributed by atoms with Crippen molar-refractivity contribution < 1.29 is 8.42 Å². The number of piperidine rings is 1. The lowest BCUT2D eigenvalue weighted by molar-refractivity contribution is 0.237. The fourth-order valence-electron chi connectivity index (χ4n) is 2.86. The van der Waals surface area contributed by atoms with Crippen LogP contribution in [0.1, 0.15) is 38.1 Å². The molecule has 1 aromatic rings. The molecule has 2 unspecified atom stereocenters. The molecule has 114 valence electrons. The molecular weight excluding hydrogens is 276 g/mol. The van der Waals surface area contributed by atoms with E-state index >= 15 is 0 Å². The van der Waals surface area contributed by atoms with Gasteiger partial charge in [0.05, 0.1) is 12.3 Å². The molecule has 0 amide bonds. The van der Waals surface area contributed by atoms with Gasteiger partial charge >= 0.3 is 0 Å². The van der Waals surface area contributed by atoms with Crippen LogP contribution in [0.15, 0.2) is 12.4 Å². The Bertz CT molecular complexity index is 500. The lowest BCUT2D eigenvalue weighted by Gasteiger charge is -2.32. The Labute approximate surface area is 121 Å². The maximum Gasteiger partial charge on any atom is 0.211 e. The molecule has 6 nitrogen and oxygen atoms in total. The number of hydrogen-bond acceptors (Lipinski definition) is 4. The molecule has 20 heavy (non-hydrogen) atoms. The van der Waals surface area contributed by atoms with Crippen molar-refractivity contribution in [3.05, 3.63) is 18.2 Å². The van der Waals surface area contributed by atoms with Gasteiger partial charge in [-0.1, -0.05) is 6.92 Å². The lowest BCUT2D eigenvalue weighted by Crippen LogP contribution is -2.40. The molecule has 1 aliphatic heterocycles. The average Bonchev–Trinajstić information content (AvgIpc) is 2.91. The summed E-state index contributed by atoms with van der Waals surface area (Å²) in [5, 5.41) is 3.42. The summed E-state index contributed by atoms with van der Waals surface area (Å²) in [5.74, 6) is 1.32. The van der Waals surface area contributed by atoms with Gasteiger partial charge < -0.3 is 10.3 Å². The van der Waals surface area contributed by atoms with Crippen LogP contribution in [0, 0.1) is 5.92 Å². The maximum atomic E-state index is 11.7. The first-order valence-electron chi connectivity index (χ1n) is 7.18. The number of nitrogens with zero attached hydrogens (tertiary/aromatic N) is 2. The van der Waals surface area contributed by atoms with Crippen LogP contribution in [0.3, 0.4) is 0 Å². The van der Waals surface area contributed by atoms with Gasteiger partial charge in [-0.3, -0.25) is 0 Å². The van der Waals surface area contributed by atoms with Crippen molar-refractivity contribution >= 4 is 10.0 Å². The summed E-state index contributed by atoms with van der Waals surface area (Å²) in [5.41, 5.74) is 0. The van der Waals surface area contributed by atoms with Gasteiger partial charge in [0, 0.05) is 25.5 Å². The minimum Gasteiger partial charge on any atom is -0.347 e. The highest BCUT2D eigenvalue weighted by Crippen LogP contribution is 2.27. The van der Waals surface area contributed by atoms with Gasteiger partial charge in [-0.2, -0.15) is 0 Å². The Hall–Kier alpha value is -0.920. The SMILES string of the molecule is CCNC(CC1CCCN(S(C)(=O)=O)C1)c1ncc[nH]1. The van der Waals surface area contributed by atoms with E-state index in [1.165, 1.54) is 6.26 Å². The van der Waals surface area contributed by atoms with Crippen LogP contribution in [0.2, 0.25) is 0 Å². The number of nitrogens with one attached hydrogen (secondary N) is 2. The Morgan fingerprint density at radius 1 is 1.60 bits per heavy atom. The zero-order valence-electron chi connectivity index (χ0n) is 12.2. The van der Waals surface area contributed by atoms with Crippen molar-refractivity contribution in [3.63, 3.8) is 0 Å². The van der Waals surface area contributed by atoms with Gasteiger partial charge in [-0.25, -0.2) is 17.7 Å². The van der Waals surface area contributed by atoms with Crippen LogP contribution in [-0.4, -0.2) is 48.6 Å². The van der Waals surface area contributed by atoms with Gasteiger partial charge in [0.2, 0.25) is 10.0 Å². The first kappa shape index (κ1) is 15.5. The molecule has 0 saturated carbocycles. The molecule has 1 fully saturated rings. The molecule has 1 aromatic heterocycles. The normalized spacial score (nSPS) is 22.8. The van der Waals surface area contributed by atoms with Crippen molar-refractivity contribution in [2.75, 3.05) is 25.9 Å². The molecule has 1 saturated heterocycles. The van der Waals surface area contributed by atoms with E-state index < -0.39 is 10.0 Å². The van der Waals surface area contributed by atoms with Crippen molar-refractivity contribution in [1.82, 2.24) is 19.6 Å². The molecule has 0 bridgehead atoms. The van der Waals surface area contributed by atoms with Gasteiger partial charge in [0.25, 0.3) is 0 Å². The molecule has 7 heteroatoms. The molecule has 2 atom stereocenters. The van der Waals surface area contributed by atoms with Crippen molar-refractivity contribution in [2.24, 2.45) is 5.92 Å². The summed E-state index contributed by atoms with van der Waals surface area (Å²) < 4.78 is 24.9. The highest BCUT2D eigenvalue weighted by molar-refractivity contribution is 7.88. The minimum absolute atomic E-state index is 0.166. The Morgan fingerprint density at radius 2 is 2.40 bits per heavy atom. The predicted octanol–water partition coefficient (Wildman–Crippen LogP) is 1.12. The molecule has 0 aliphatic carbocycles. The second-order valence-corrected chi connectivity index (χ2v) is 7.43. The van der Waals surface area contributed by atoms with E-state index in [2.05, 4.69) is 22.2 Å². The lowest BCUT2D eigenvalue weighted by atomic mass is 9.92. The quantitative estimate of drug-likeness (QED) is 0.825. The summed E-state index contributed by atoms with van der Waals surface area (Å²) in [4.78, 5) is 7.47. The maximum absolute atomic E-state index is 11.7. The Balaban J connectivity index is 2.00. The molecule has 1 aliphatic rings. The fraction of sp³-hybridized carbons (Fsp3) is 0.769. The number of hydrogen-bond donors (Lipinski definition) is 2. The first-order valence-corrected chi connectivity index (χ1v) is 9.03. The highest BCUT2D eigenvalue weighted by Gasteiger charge is 2.28. The number of aromatic amines is 1. The molecule has 0 aromatic carbocycles. The largest absolute Gasteiger partial charge is 0.347 e. The van der Waals surface area contributed by atoms with Crippen molar-refractivity contribution in [1.29, 1.82) is 0 Å². The zero-order chi connectivity index (χ0) is 14.6. The minimum atomic E-state index is -3.07. The number of aromatic nitrogens is 2. The summed E-state index contributed by atoms with van der Waals surface area (Å²) in [7, 11) is -3.07. The number of imidazole rings is 1. The van der Waals surface area contributed by atoms with Crippen LogP contribution >= 0.6 is 0 Å². The first-order chi connectivity index (χ1) is 9.50. The second kappa shape index (κ2) is 6.69. The van der Waals surface area contributed by atoms with E-state index in [1.807, 2.05) is 6.20 Å². The van der Waals surface area contributed by atoms with E-state index in [9.17, 15) is 8.42 Å². The van der Waals surface area contributed by atoms with E-state index in [1.54, 1.807) is 10.5 Å². The third-order valence-corrected chi connectivity index (χ3v) is 5.09. The Morgan fingerprint density at radius 3 is 3.00 bits per heavy atom. The zero-order valence-corrected chi connectivity index (χ0v) is 13.0. The van der Waals surface area contributed by atoms with Crippen LogP contribution in [0.25, 0.3) is 0 Å². The summed E-state index contributed by atoms with van der Waals surface area (Å²) in [6.07, 6.45) is 7.80. The Kier molecular flexibility index (Phi) is 5.17. The number of H-pyrrole nitrogens is 1. The third-order valence-electron chi connectivity index (χ3n) is 3.82. The van der Waals surface area contributed by atoms with Crippen LogP contribution in [0.5, 0.6) is 0 Å². The van der Waals surface area contributed by atoms with E-state index in [0.717, 1.165) is 31.6 Å². The highest BCUT2D eigenvalue weighted by atomic mass is 32.2. The number of rotatable bonds is 6. The predicted molar refractivity (Wildman–Crippen MR) is 78.8 cm³/mol. The van der Waals surface area contributed by atoms with Gasteiger partial charge in [-0.15, -0.1) is 0 Å². The smallest absolute Gasteiger partial charge is 0.211 e. The summed E-state index contributed by atoms with van der Waals surface area (Å²) >= 11 is 0. The van der Waals surface area contributed by atoms with Crippen LogP contribution < -0.4 is 5.32 Å². The van der Waals surface area contributed by atoms with Gasteiger partial charge in [0.15, 0.2) is 0 Å². The molecule has 2 rings (SSSR count). The third kappa shape index (κ3) is 4.04. The molecule has 0 spiro atoms. The van der Waals surface area contributed by atoms with E-state index in [-0.39, 0.29) is 6.04 Å². The monoisotopic (exact) mass is 300 g/mol. The summed E-state index contributed by atoms with van der Waals surface area (Å²) in [6, 6.07) is 0.166. The van der Waals surface area contributed by atoms with Crippen molar-refractivity contribution in [2.45, 2.75) is 32.2 Å². The van der Waals surface area contributed by atoms with Crippen LogP contribution in [0.4, 0.5) is 0 Å². The van der Waals surface area contributed by atoms with E-state index in [4.69, 9.17) is 0 Å². The van der Waals surface area contributed by atoms with Gasteiger partial charge in [-0.05, 0) is 31.7 Å². The average molecular weight is 300 g/mol. The fourth-order valence-corrected chi connectivity index (χ4v) is 3.80. The van der Waals surface area contributed by atoms with E-state index in [0.29, 0.717) is 19.0 Å². The standard InChI is InChI=1S/C13H24N4O2S/c1-3-14-12(13-15-6-7-16-13)9-11-5-4-8-17(10-11)20(2,18)19/h6-7,11-12,14H,3-5,8-10H2,1-2H3,(H,15,16). The van der Waals surface area contributed by atoms with Crippen molar-refractivity contribution in [3.8, 4) is 0 Å². The summed E-state index contributed by atoms with van der Waals surface area (Å²) in [6.45, 7) is 4.22. The second-order valence-electron chi connectivity index (χ2n) is 5.45. The van der Waals surface area contributed by atoms with Gasteiger partial charge in [0.1, 0.15) is 5.82 Å². The topological polar surface area (TPSA) is 78.1 Å². The number of sulfonamides is 1. The molecular formula is C13H24N4O2S.